The molecule has 8 heteroatoms. The number of ketones is 1. The minimum Gasteiger partial charge on any atom is -0.490 e. The summed E-state index contributed by atoms with van der Waals surface area (Å²) < 4.78 is 11.3. The highest BCUT2D eigenvalue weighted by Crippen LogP contribution is 2.20. The highest BCUT2D eigenvalue weighted by atomic mass is 16.5. The van der Waals surface area contributed by atoms with E-state index in [-0.39, 0.29) is 25.2 Å². The normalized spacial score (nSPS) is 17.4. The fraction of sp³-hybridized carbons (Fsp3) is 0.577. The van der Waals surface area contributed by atoms with Gasteiger partial charge in [0.2, 0.25) is 0 Å². The average molecular weight is 477 g/mol. The zero-order chi connectivity index (χ0) is 24.2. The van der Waals surface area contributed by atoms with Crippen LogP contribution in [0.4, 0.5) is 0 Å². The van der Waals surface area contributed by atoms with E-state index in [1.807, 2.05) is 29.2 Å². The Kier molecular flexibility index (Phi) is 13.1. The van der Waals surface area contributed by atoms with Gasteiger partial charge in [-0.3, -0.25) is 14.5 Å². The lowest BCUT2D eigenvalue weighted by Gasteiger charge is -2.25. The molecule has 0 aliphatic carbocycles. The number of hydrogen-bond donors (Lipinski definition) is 1. The molecule has 0 atom stereocenters. The molecule has 2 aliphatic heterocycles. The highest BCUT2D eigenvalue weighted by molar-refractivity contribution is 5.94. The number of carboxylic acids is 1. The summed E-state index contributed by atoms with van der Waals surface area (Å²) in [5.74, 6) is -0.388. The van der Waals surface area contributed by atoms with Crippen molar-refractivity contribution >= 4 is 17.7 Å². The fourth-order valence-electron chi connectivity index (χ4n) is 3.69. The van der Waals surface area contributed by atoms with Crippen molar-refractivity contribution in [2.75, 3.05) is 39.4 Å². The highest BCUT2D eigenvalue weighted by Gasteiger charge is 2.21. The van der Waals surface area contributed by atoms with Crippen LogP contribution in [-0.4, -0.2) is 84.1 Å². The van der Waals surface area contributed by atoms with Crippen LogP contribution in [0, 0.1) is 0 Å². The maximum atomic E-state index is 12.8. The number of hydrogen-bond acceptors (Lipinski definition) is 6. The van der Waals surface area contributed by atoms with Crippen LogP contribution < -0.4 is 4.74 Å². The molecule has 8 nitrogen and oxygen atoms in total. The first kappa shape index (κ1) is 29.3. The van der Waals surface area contributed by atoms with Gasteiger partial charge in [0.25, 0.3) is 5.91 Å². The van der Waals surface area contributed by atoms with Gasteiger partial charge >= 0.3 is 5.97 Å². The van der Waals surface area contributed by atoms with Crippen LogP contribution in [0.25, 0.3) is 0 Å². The van der Waals surface area contributed by atoms with Crippen molar-refractivity contribution in [1.29, 1.82) is 0 Å². The maximum Gasteiger partial charge on any atom is 0.328 e. The Morgan fingerprint density at radius 2 is 1.68 bits per heavy atom. The van der Waals surface area contributed by atoms with E-state index in [0.717, 1.165) is 82.1 Å². The largest absolute Gasteiger partial charge is 0.490 e. The molecule has 190 valence electrons. The van der Waals surface area contributed by atoms with Gasteiger partial charge < -0.3 is 19.5 Å². The van der Waals surface area contributed by atoms with Crippen LogP contribution in [-0.2, 0) is 14.3 Å². The molecular weight excluding hydrogens is 436 g/mol. The van der Waals surface area contributed by atoms with Crippen molar-refractivity contribution < 1.29 is 29.0 Å². The third kappa shape index (κ3) is 10.5. The number of rotatable bonds is 6. The maximum absolute atomic E-state index is 12.8. The van der Waals surface area contributed by atoms with Crippen molar-refractivity contribution in [3.63, 3.8) is 0 Å². The molecule has 0 radical (unpaired) electrons. The second-order valence-corrected chi connectivity index (χ2v) is 8.51. The molecule has 1 aromatic carbocycles. The molecule has 2 heterocycles. The van der Waals surface area contributed by atoms with Crippen molar-refractivity contribution in [2.45, 2.75) is 59.6 Å². The van der Waals surface area contributed by atoms with Gasteiger partial charge in [-0.2, -0.15) is 0 Å². The van der Waals surface area contributed by atoms with Crippen LogP contribution >= 0.6 is 0 Å². The molecule has 1 amide bonds. The predicted octanol–water partition coefficient (Wildman–Crippen LogP) is 3.65. The van der Waals surface area contributed by atoms with E-state index in [0.29, 0.717) is 6.04 Å². The van der Waals surface area contributed by atoms with E-state index in [1.165, 1.54) is 6.92 Å². The van der Waals surface area contributed by atoms with Gasteiger partial charge in [-0.15, -0.1) is 0 Å². The van der Waals surface area contributed by atoms with E-state index in [2.05, 4.69) is 18.7 Å². The fourth-order valence-corrected chi connectivity index (χ4v) is 3.69. The summed E-state index contributed by atoms with van der Waals surface area (Å²) in [5.41, 5.74) is 0.748. The third-order valence-corrected chi connectivity index (χ3v) is 5.58. The summed E-state index contributed by atoms with van der Waals surface area (Å²) in [6.45, 7) is 10.9. The lowest BCUT2D eigenvalue weighted by Crippen LogP contribution is -2.37. The molecule has 3 rings (SSSR count). The summed E-state index contributed by atoms with van der Waals surface area (Å²) in [6.07, 6.45) is 4.93. The predicted molar refractivity (Wildman–Crippen MR) is 132 cm³/mol. The van der Waals surface area contributed by atoms with Crippen molar-refractivity contribution in [3.05, 3.63) is 42.0 Å². The number of ether oxygens (including phenoxy) is 2. The topological polar surface area (TPSA) is 96.4 Å². The number of allylic oxidation sites excluding steroid dienone is 1. The zero-order valence-corrected chi connectivity index (χ0v) is 19.9. The zero-order valence-electron chi connectivity index (χ0n) is 19.9. The second kappa shape index (κ2) is 15.2. The van der Waals surface area contributed by atoms with Gasteiger partial charge in [0.15, 0.2) is 5.78 Å². The molecule has 0 spiro atoms. The van der Waals surface area contributed by atoms with Gasteiger partial charge in [-0.1, -0.05) is 7.43 Å². The second-order valence-electron chi connectivity index (χ2n) is 8.51. The van der Waals surface area contributed by atoms with Crippen LogP contribution in [0.5, 0.6) is 5.75 Å². The molecule has 0 aromatic heterocycles. The molecule has 2 fully saturated rings. The van der Waals surface area contributed by atoms with E-state index >= 15 is 0 Å². The molecule has 2 aliphatic rings. The number of amides is 1. The average Bonchev–Trinajstić information content (AvgIpc) is 3.05. The number of nitrogens with zero attached hydrogens (tertiary/aromatic N) is 2. The minimum atomic E-state index is -1.10. The van der Waals surface area contributed by atoms with Crippen LogP contribution in [0.15, 0.2) is 36.4 Å². The van der Waals surface area contributed by atoms with Gasteiger partial charge in [-0.05, 0) is 57.5 Å². The molecule has 1 N–H and O–H groups in total. The third-order valence-electron chi connectivity index (χ3n) is 5.58. The smallest absolute Gasteiger partial charge is 0.328 e. The number of aliphatic carboxylic acids is 1. The molecule has 0 saturated carbocycles. The van der Waals surface area contributed by atoms with Crippen molar-refractivity contribution in [1.82, 2.24) is 9.80 Å². The summed E-state index contributed by atoms with van der Waals surface area (Å²) in [7, 11) is 0. The molecule has 0 bridgehead atoms. The number of benzene rings is 1. The lowest BCUT2D eigenvalue weighted by molar-refractivity contribution is -0.131. The number of carbonyl (C=O) groups excluding carboxylic acids is 2. The Morgan fingerprint density at radius 3 is 2.21 bits per heavy atom. The van der Waals surface area contributed by atoms with Crippen LogP contribution in [0.2, 0.25) is 0 Å². The first-order valence-corrected chi connectivity index (χ1v) is 11.6. The minimum absolute atomic E-state index is 0. The number of carboxylic acid groups (broad SMARTS) is 1. The summed E-state index contributed by atoms with van der Waals surface area (Å²) in [6, 6.07) is 8.16. The van der Waals surface area contributed by atoms with Crippen LogP contribution in [0.3, 0.4) is 0 Å². The van der Waals surface area contributed by atoms with Gasteiger partial charge in [0.1, 0.15) is 11.9 Å². The molecule has 34 heavy (non-hydrogen) atoms. The van der Waals surface area contributed by atoms with Crippen molar-refractivity contribution in [2.24, 2.45) is 0 Å². The Balaban J connectivity index is 0.000000556. The molecule has 2 saturated heterocycles. The van der Waals surface area contributed by atoms with E-state index < -0.39 is 5.97 Å². The number of carbonyl (C=O) groups is 3. The van der Waals surface area contributed by atoms with Gasteiger partial charge in [0, 0.05) is 56.7 Å². The monoisotopic (exact) mass is 476 g/mol. The first-order chi connectivity index (χ1) is 15.8. The van der Waals surface area contributed by atoms with Crippen molar-refractivity contribution in [3.8, 4) is 5.75 Å². The Morgan fingerprint density at radius 1 is 1.03 bits per heavy atom. The summed E-state index contributed by atoms with van der Waals surface area (Å²) >= 11 is 0. The van der Waals surface area contributed by atoms with E-state index in [1.54, 1.807) is 0 Å². The van der Waals surface area contributed by atoms with Gasteiger partial charge in [-0.25, -0.2) is 4.79 Å². The first-order valence-electron chi connectivity index (χ1n) is 11.6. The van der Waals surface area contributed by atoms with Gasteiger partial charge in [0.05, 0.1) is 13.2 Å². The quantitative estimate of drug-likeness (QED) is 0.626. The summed E-state index contributed by atoms with van der Waals surface area (Å²) in [5, 5.41) is 7.92. The molecule has 1 aromatic rings. The van der Waals surface area contributed by atoms with E-state index in [9.17, 15) is 14.4 Å². The Labute approximate surface area is 203 Å². The Bertz CT molecular complexity index is 784. The lowest BCUT2D eigenvalue weighted by atomic mass is 10.1. The SMILES string of the molecule is C.CC(=O)/C=C\C(=O)O.CC(C)N1CCCN(C(=O)c2ccc(OC3CCOCC3)cc2)CC1. The molecule has 0 unspecified atom stereocenters. The van der Waals surface area contributed by atoms with E-state index in [4.69, 9.17) is 14.6 Å². The summed E-state index contributed by atoms with van der Waals surface area (Å²) in [4.78, 5) is 36.9. The molecular formula is C26H40N2O6. The van der Waals surface area contributed by atoms with Crippen LogP contribution in [0.1, 0.15) is 57.8 Å². The standard InChI is InChI=1S/C20H30N2O3.C5H6O3.CH4/c1-16(2)21-10-3-11-22(13-12-21)20(23)17-4-6-18(7-5-17)25-19-8-14-24-15-9-19;1-4(6)2-3-5(7)8;/h4-7,16,19H,3,8-15H2,1-2H3;2-3H,1H3,(H,7,8);1H4/b;3-2-;. The Hall–Kier alpha value is -2.71.